The minimum atomic E-state index is -2.49. The van der Waals surface area contributed by atoms with Crippen molar-refractivity contribution in [2.75, 3.05) is 39.3 Å². The van der Waals surface area contributed by atoms with Crippen molar-refractivity contribution in [3.05, 3.63) is 60.7 Å². The Hall–Kier alpha value is -1.72. The number of likely N-dealkylation sites (tertiary alicyclic amines) is 2. The van der Waals surface area contributed by atoms with Gasteiger partial charge >= 0.3 is 0 Å². The number of hydrogen-bond donors (Lipinski definition) is 0. The predicted octanol–water partition coefficient (Wildman–Crippen LogP) is 4.15. The van der Waals surface area contributed by atoms with Crippen LogP contribution in [0.3, 0.4) is 0 Å². The Morgan fingerprint density at radius 1 is 0.545 bits per heavy atom. The number of piperidine rings is 2. The van der Waals surface area contributed by atoms with Crippen molar-refractivity contribution in [3.63, 3.8) is 0 Å². The Morgan fingerprint density at radius 2 is 0.909 bits per heavy atom. The monoisotopic (exact) mass is 498 g/mol. The third kappa shape index (κ3) is 7.64. The Kier molecular flexibility index (Phi) is 12.1. The van der Waals surface area contributed by atoms with Gasteiger partial charge in [-0.1, -0.05) is 85.3 Å². The summed E-state index contributed by atoms with van der Waals surface area (Å²) in [5, 5.41) is 2.61. The molecule has 0 aromatic heterocycles. The predicted molar refractivity (Wildman–Crippen MR) is 149 cm³/mol. The number of hydrogen-bond acceptors (Lipinski definition) is 2. The Balaban J connectivity index is 0.00000193. The zero-order valence-electron chi connectivity index (χ0n) is 19.5. The lowest BCUT2D eigenvalue weighted by Crippen LogP contribution is -2.57. The van der Waals surface area contributed by atoms with Crippen LogP contribution in [0.1, 0.15) is 38.5 Å². The van der Waals surface area contributed by atoms with E-state index in [1.54, 1.807) is 0 Å². The van der Waals surface area contributed by atoms with E-state index < -0.39 is 8.07 Å². The first-order chi connectivity index (χ1) is 15.4. The normalized spacial score (nSPS) is 16.7. The minimum Gasteiger partial charge on any atom is -0.292 e. The largest absolute Gasteiger partial charge is 0.292 e. The number of benzene rings is 2. The molecule has 0 radical (unpaired) electrons. The lowest BCUT2D eigenvalue weighted by Gasteiger charge is -2.25. The fourth-order valence-electron chi connectivity index (χ4n) is 4.67. The Morgan fingerprint density at radius 3 is 1.27 bits per heavy atom. The molecule has 0 unspecified atom stereocenters. The third-order valence-corrected chi connectivity index (χ3v) is 9.97. The van der Waals surface area contributed by atoms with Crippen LogP contribution in [0, 0.1) is 22.9 Å². The molecule has 0 bridgehead atoms. The fourth-order valence-corrected chi connectivity index (χ4v) is 7.71. The van der Waals surface area contributed by atoms with Crippen LogP contribution in [0.5, 0.6) is 0 Å². The molecule has 2 aliphatic rings. The highest BCUT2D eigenvalue weighted by molar-refractivity contribution is 7.13. The van der Waals surface area contributed by atoms with Gasteiger partial charge in [0.15, 0.2) is 0 Å². The summed E-state index contributed by atoms with van der Waals surface area (Å²) in [5.41, 5.74) is 7.61. The summed E-state index contributed by atoms with van der Waals surface area (Å²) in [6.07, 6.45) is 7.93. The zero-order valence-corrected chi connectivity index (χ0v) is 22.1. The molecule has 2 fully saturated rings. The van der Waals surface area contributed by atoms with Gasteiger partial charge in [0.25, 0.3) is 8.07 Å². The van der Waals surface area contributed by atoms with Gasteiger partial charge in [-0.15, -0.1) is 35.9 Å². The molecule has 0 atom stereocenters. The van der Waals surface area contributed by atoms with Crippen LogP contribution in [0.15, 0.2) is 60.7 Å². The van der Waals surface area contributed by atoms with E-state index in [0.29, 0.717) is 0 Å². The van der Waals surface area contributed by atoms with Crippen molar-refractivity contribution < 1.29 is 0 Å². The van der Waals surface area contributed by atoms with Crippen molar-refractivity contribution in [1.29, 1.82) is 0 Å². The Labute approximate surface area is 214 Å². The molecule has 33 heavy (non-hydrogen) atoms. The SMILES string of the molecule is C(#C[Si](C#CCN1CCCCC1)(c1ccccc1)c1ccccc1)CN1CCCCC1.Cl.Cl. The molecule has 2 aromatic carbocycles. The lowest BCUT2D eigenvalue weighted by molar-refractivity contribution is 0.255. The van der Waals surface area contributed by atoms with Crippen molar-refractivity contribution in [3.8, 4) is 22.9 Å². The van der Waals surface area contributed by atoms with E-state index in [0.717, 1.165) is 13.1 Å². The van der Waals surface area contributed by atoms with Crippen LogP contribution in [0.4, 0.5) is 0 Å². The first-order valence-electron chi connectivity index (χ1n) is 11.9. The standard InChI is InChI=1S/C28H34N2Si.2ClH/c1-5-15-27(16-6-1)31(28-17-7-2-8-18-28,25-13-23-29-19-9-3-10-20-29)26-14-24-30-21-11-4-12-22-30;;/h1-2,5-8,15-18H,3-4,9-12,19-24H2;2*1H. The van der Waals surface area contributed by atoms with Crippen LogP contribution in [-0.4, -0.2) is 57.1 Å². The minimum absolute atomic E-state index is 0. The smallest absolute Gasteiger partial charge is 0.275 e. The van der Waals surface area contributed by atoms with Crippen molar-refractivity contribution in [1.82, 2.24) is 9.80 Å². The maximum Gasteiger partial charge on any atom is 0.275 e. The summed E-state index contributed by atoms with van der Waals surface area (Å²) >= 11 is 0. The van der Waals surface area contributed by atoms with Crippen LogP contribution in [-0.2, 0) is 0 Å². The van der Waals surface area contributed by atoms with Gasteiger partial charge in [-0.25, -0.2) is 0 Å². The summed E-state index contributed by atoms with van der Waals surface area (Å²) in [6.45, 7) is 6.45. The quantitative estimate of drug-likeness (QED) is 0.461. The molecule has 2 aliphatic heterocycles. The number of rotatable bonds is 4. The molecule has 2 nitrogen and oxygen atoms in total. The maximum atomic E-state index is 3.81. The number of halogens is 2. The van der Waals surface area contributed by atoms with Gasteiger partial charge in [-0.05, 0) is 62.2 Å². The van der Waals surface area contributed by atoms with Crippen LogP contribution in [0.25, 0.3) is 0 Å². The number of nitrogens with zero attached hydrogens (tertiary/aromatic N) is 2. The van der Waals surface area contributed by atoms with Gasteiger partial charge in [0.2, 0.25) is 0 Å². The van der Waals surface area contributed by atoms with E-state index in [-0.39, 0.29) is 24.8 Å². The molecule has 0 amide bonds. The highest BCUT2D eigenvalue weighted by atomic mass is 35.5. The lowest BCUT2D eigenvalue weighted by atomic mass is 10.1. The van der Waals surface area contributed by atoms with E-state index in [9.17, 15) is 0 Å². The summed E-state index contributed by atoms with van der Waals surface area (Å²) in [4.78, 5) is 5.01. The molecule has 2 heterocycles. The van der Waals surface area contributed by atoms with Crippen LogP contribution >= 0.6 is 24.8 Å². The van der Waals surface area contributed by atoms with Gasteiger partial charge in [-0.2, -0.15) is 0 Å². The molecule has 0 aliphatic carbocycles. The summed E-state index contributed by atoms with van der Waals surface area (Å²) in [6, 6.07) is 21.7. The highest BCUT2D eigenvalue weighted by Crippen LogP contribution is 2.10. The molecule has 2 aromatic rings. The summed E-state index contributed by atoms with van der Waals surface area (Å²) < 4.78 is 0. The first-order valence-corrected chi connectivity index (χ1v) is 13.9. The molecule has 2 saturated heterocycles. The fraction of sp³-hybridized carbons (Fsp3) is 0.429. The van der Waals surface area contributed by atoms with Crippen molar-refractivity contribution >= 4 is 43.3 Å². The molecule has 5 heteroatoms. The van der Waals surface area contributed by atoms with Crippen LogP contribution in [0.2, 0.25) is 0 Å². The first kappa shape index (κ1) is 27.5. The summed E-state index contributed by atoms with van der Waals surface area (Å²) in [5.74, 6) is 7.21. The summed E-state index contributed by atoms with van der Waals surface area (Å²) in [7, 11) is -2.49. The van der Waals surface area contributed by atoms with Crippen molar-refractivity contribution in [2.45, 2.75) is 38.5 Å². The average Bonchev–Trinajstić information content (AvgIpc) is 2.85. The average molecular weight is 500 g/mol. The van der Waals surface area contributed by atoms with Crippen LogP contribution < -0.4 is 10.4 Å². The molecule has 176 valence electrons. The Bertz CT molecular complexity index is 852. The second-order valence-electron chi connectivity index (χ2n) is 8.76. The third-order valence-electron chi connectivity index (χ3n) is 6.47. The maximum absolute atomic E-state index is 3.81. The second-order valence-corrected chi connectivity index (χ2v) is 11.9. The molecular formula is C28H36Cl2N2Si. The van der Waals surface area contributed by atoms with E-state index in [2.05, 4.69) is 93.4 Å². The van der Waals surface area contributed by atoms with Crippen molar-refractivity contribution in [2.24, 2.45) is 0 Å². The molecule has 0 spiro atoms. The van der Waals surface area contributed by atoms with E-state index in [4.69, 9.17) is 0 Å². The highest BCUT2D eigenvalue weighted by Gasteiger charge is 2.34. The zero-order chi connectivity index (χ0) is 21.2. The second kappa shape index (κ2) is 14.5. The van der Waals surface area contributed by atoms with Gasteiger partial charge in [0.05, 0.1) is 13.1 Å². The topological polar surface area (TPSA) is 6.48 Å². The van der Waals surface area contributed by atoms with E-state index in [1.807, 2.05) is 0 Å². The van der Waals surface area contributed by atoms with E-state index in [1.165, 1.54) is 75.1 Å². The molecule has 0 saturated carbocycles. The molecule has 4 rings (SSSR count). The van der Waals surface area contributed by atoms with Gasteiger partial charge in [-0.3, -0.25) is 9.80 Å². The molecule has 0 N–H and O–H groups in total. The van der Waals surface area contributed by atoms with Gasteiger partial charge in [0, 0.05) is 0 Å². The molecular weight excluding hydrogens is 463 g/mol. The van der Waals surface area contributed by atoms with Gasteiger partial charge < -0.3 is 0 Å². The van der Waals surface area contributed by atoms with E-state index >= 15 is 0 Å². The van der Waals surface area contributed by atoms with Gasteiger partial charge in [0.1, 0.15) is 0 Å².